The highest BCUT2D eigenvalue weighted by Gasteiger charge is 2.37. The van der Waals surface area contributed by atoms with Crippen molar-refractivity contribution in [2.45, 2.75) is 11.5 Å². The maximum atomic E-state index is 12.6. The summed E-state index contributed by atoms with van der Waals surface area (Å²) in [7, 11) is -3.81. The van der Waals surface area contributed by atoms with Gasteiger partial charge in [-0.1, -0.05) is 12.1 Å². The first-order valence-electron chi connectivity index (χ1n) is 7.39. The van der Waals surface area contributed by atoms with E-state index in [4.69, 9.17) is 0 Å². The minimum atomic E-state index is -3.81. The zero-order chi connectivity index (χ0) is 20.5. The second-order valence-electron chi connectivity index (χ2n) is 5.33. The highest BCUT2D eigenvalue weighted by Crippen LogP contribution is 2.43. The molecule has 3 rings (SSSR count). The SMILES string of the molecule is O=CN(c1cccc(-n2nnnc2S)c1)c1cccc(S(=O)(=O)C(Br)(Br)Br)c1. The standard InChI is InChI=1S/C15H10Br3N5O3S2/c16-15(17,18)28(25,26)13-6-2-4-11(8-13)22(9-24)10-3-1-5-12(7-10)23-14(27)19-20-21-23/h1-9H,(H,19,21,27). The van der Waals surface area contributed by atoms with E-state index in [0.717, 1.165) is 0 Å². The van der Waals surface area contributed by atoms with E-state index in [1.807, 2.05) is 0 Å². The fraction of sp³-hybridized carbons (Fsp3) is 0.0667. The molecule has 0 aliphatic heterocycles. The zero-order valence-corrected chi connectivity index (χ0v) is 20.1. The molecule has 0 radical (unpaired) electrons. The van der Waals surface area contributed by atoms with Crippen molar-refractivity contribution in [2.24, 2.45) is 0 Å². The van der Waals surface area contributed by atoms with Crippen molar-refractivity contribution in [1.29, 1.82) is 0 Å². The van der Waals surface area contributed by atoms with Gasteiger partial charge in [-0.25, -0.2) is 8.42 Å². The Morgan fingerprint density at radius 2 is 1.71 bits per heavy atom. The molecule has 0 atom stereocenters. The number of carbonyl (C=O) groups is 1. The van der Waals surface area contributed by atoms with Gasteiger partial charge in [0.1, 0.15) is 0 Å². The van der Waals surface area contributed by atoms with Crippen LogP contribution in [0.1, 0.15) is 0 Å². The van der Waals surface area contributed by atoms with Gasteiger partial charge in [0.25, 0.3) is 0 Å². The van der Waals surface area contributed by atoms with Crippen LogP contribution in [-0.2, 0) is 14.6 Å². The lowest BCUT2D eigenvalue weighted by molar-refractivity contribution is -0.106. The first-order chi connectivity index (χ1) is 13.1. The van der Waals surface area contributed by atoms with Gasteiger partial charge in [-0.2, -0.15) is 4.68 Å². The average molecular weight is 612 g/mol. The van der Waals surface area contributed by atoms with Crippen molar-refractivity contribution >= 4 is 88.0 Å². The number of carbonyl (C=O) groups excluding carboxylic acids is 1. The van der Waals surface area contributed by atoms with Gasteiger partial charge in [-0.15, -0.1) is 17.7 Å². The summed E-state index contributed by atoms with van der Waals surface area (Å²) < 4.78 is 25.1. The monoisotopic (exact) mass is 609 g/mol. The van der Waals surface area contributed by atoms with Gasteiger partial charge in [0.15, 0.2) is 0 Å². The van der Waals surface area contributed by atoms with Gasteiger partial charge in [-0.05, 0) is 94.6 Å². The first-order valence-corrected chi connectivity index (χ1v) is 11.7. The van der Waals surface area contributed by atoms with Crippen LogP contribution in [0.2, 0.25) is 0 Å². The third kappa shape index (κ3) is 4.17. The zero-order valence-electron chi connectivity index (χ0n) is 13.6. The van der Waals surface area contributed by atoms with Crippen LogP contribution in [0, 0.1) is 0 Å². The average Bonchev–Trinajstić information content (AvgIpc) is 3.08. The van der Waals surface area contributed by atoms with Crippen LogP contribution < -0.4 is 4.90 Å². The Kier molecular flexibility index (Phi) is 6.29. The summed E-state index contributed by atoms with van der Waals surface area (Å²) in [6, 6.07) is 12.9. The Balaban J connectivity index is 2.05. The molecular weight excluding hydrogens is 602 g/mol. The van der Waals surface area contributed by atoms with Crippen molar-refractivity contribution in [3.05, 3.63) is 48.5 Å². The summed E-state index contributed by atoms with van der Waals surface area (Å²) in [5.41, 5.74) is 1.45. The van der Waals surface area contributed by atoms with E-state index in [9.17, 15) is 13.2 Å². The number of rotatable bonds is 5. The molecule has 0 fully saturated rings. The van der Waals surface area contributed by atoms with Crippen LogP contribution >= 0.6 is 60.4 Å². The fourth-order valence-electron chi connectivity index (χ4n) is 2.33. The van der Waals surface area contributed by atoms with Gasteiger partial charge in [0, 0.05) is 5.69 Å². The number of amides is 1. The van der Waals surface area contributed by atoms with E-state index >= 15 is 0 Å². The number of sulfone groups is 1. The lowest BCUT2D eigenvalue weighted by Gasteiger charge is -2.20. The van der Waals surface area contributed by atoms with Crippen LogP contribution in [0.15, 0.2) is 58.6 Å². The third-order valence-electron chi connectivity index (χ3n) is 3.62. The molecule has 0 aliphatic carbocycles. The fourth-order valence-corrected chi connectivity index (χ4v) is 5.01. The molecule has 0 aliphatic rings. The van der Waals surface area contributed by atoms with Gasteiger partial charge < -0.3 is 0 Å². The molecule has 0 spiro atoms. The second kappa shape index (κ2) is 8.22. The van der Waals surface area contributed by atoms with Crippen molar-refractivity contribution in [2.75, 3.05) is 4.90 Å². The Labute approximate surface area is 191 Å². The molecule has 0 saturated carbocycles. The summed E-state index contributed by atoms with van der Waals surface area (Å²) in [4.78, 5) is 13.1. The largest absolute Gasteiger partial charge is 0.284 e. The highest BCUT2D eigenvalue weighted by molar-refractivity contribution is 9.42. The minimum Gasteiger partial charge on any atom is -0.284 e. The van der Waals surface area contributed by atoms with Gasteiger partial charge in [-0.3, -0.25) is 9.69 Å². The number of anilines is 2. The molecule has 0 bridgehead atoms. The Hall–Kier alpha value is -1.28. The number of nitrogens with zero attached hydrogens (tertiary/aromatic N) is 5. The molecule has 146 valence electrons. The molecule has 8 nitrogen and oxygen atoms in total. The van der Waals surface area contributed by atoms with Gasteiger partial charge >= 0.3 is 0 Å². The summed E-state index contributed by atoms with van der Waals surface area (Å²) in [5, 5.41) is 11.4. The predicted molar refractivity (Wildman–Crippen MR) is 118 cm³/mol. The topological polar surface area (TPSA) is 98.1 Å². The molecule has 1 amide bonds. The molecule has 1 heterocycles. The number of aromatic nitrogens is 4. The smallest absolute Gasteiger partial charge is 0.239 e. The van der Waals surface area contributed by atoms with E-state index in [1.54, 1.807) is 36.4 Å². The number of halogens is 3. The number of thiol groups is 1. The molecule has 28 heavy (non-hydrogen) atoms. The number of hydrogen-bond donors (Lipinski definition) is 1. The van der Waals surface area contributed by atoms with Gasteiger partial charge in [0.05, 0.1) is 16.3 Å². The number of hydrogen-bond acceptors (Lipinski definition) is 7. The second-order valence-corrected chi connectivity index (χ2v) is 16.2. The summed E-state index contributed by atoms with van der Waals surface area (Å²) in [5.74, 6) is 0. The van der Waals surface area contributed by atoms with E-state index in [0.29, 0.717) is 23.5 Å². The van der Waals surface area contributed by atoms with Crippen LogP contribution in [0.4, 0.5) is 11.4 Å². The van der Waals surface area contributed by atoms with E-state index in [-0.39, 0.29) is 10.1 Å². The molecule has 2 aromatic carbocycles. The maximum Gasteiger partial charge on any atom is 0.239 e. The molecule has 0 unspecified atom stereocenters. The van der Waals surface area contributed by atoms with E-state index < -0.39 is 11.3 Å². The van der Waals surface area contributed by atoms with Crippen LogP contribution in [0.25, 0.3) is 5.69 Å². The lowest BCUT2D eigenvalue weighted by Crippen LogP contribution is -2.19. The Morgan fingerprint density at radius 1 is 1.07 bits per heavy atom. The van der Waals surface area contributed by atoms with Crippen LogP contribution in [0.5, 0.6) is 0 Å². The maximum absolute atomic E-state index is 12.6. The Bertz CT molecular complexity index is 1130. The summed E-state index contributed by atoms with van der Waals surface area (Å²) in [6.07, 6.45) is 0.593. The molecule has 0 saturated heterocycles. The number of tetrazole rings is 1. The third-order valence-corrected chi connectivity index (χ3v) is 9.22. The minimum absolute atomic E-state index is 0.0109. The molecular formula is C15H10Br3N5O3S2. The van der Waals surface area contributed by atoms with E-state index in [2.05, 4.69) is 75.9 Å². The summed E-state index contributed by atoms with van der Waals surface area (Å²) >= 11 is 13.3. The van der Waals surface area contributed by atoms with Crippen LogP contribution in [0.3, 0.4) is 0 Å². The highest BCUT2D eigenvalue weighted by atomic mass is 80.0. The summed E-state index contributed by atoms with van der Waals surface area (Å²) in [6.45, 7) is 0. The van der Waals surface area contributed by atoms with E-state index in [1.165, 1.54) is 21.7 Å². The molecule has 1 aromatic heterocycles. The van der Waals surface area contributed by atoms with Crippen molar-refractivity contribution < 1.29 is 13.2 Å². The van der Waals surface area contributed by atoms with Crippen molar-refractivity contribution in [3.8, 4) is 5.69 Å². The molecule has 3 aromatic rings. The molecule has 13 heteroatoms. The Morgan fingerprint density at radius 3 is 2.29 bits per heavy atom. The normalized spacial score (nSPS) is 12.0. The number of benzene rings is 2. The predicted octanol–water partition coefficient (Wildman–Crippen LogP) is 3.82. The van der Waals surface area contributed by atoms with Gasteiger partial charge in [0.2, 0.25) is 22.9 Å². The van der Waals surface area contributed by atoms with Crippen molar-refractivity contribution in [3.63, 3.8) is 0 Å². The van der Waals surface area contributed by atoms with Crippen molar-refractivity contribution in [1.82, 2.24) is 20.2 Å². The molecule has 0 N–H and O–H groups in total. The first kappa shape index (κ1) is 21.4. The lowest BCUT2D eigenvalue weighted by atomic mass is 10.2. The number of alkyl halides is 3. The quantitative estimate of drug-likeness (QED) is 0.268. The van der Waals surface area contributed by atoms with Crippen LogP contribution in [-0.4, -0.2) is 36.5 Å².